The third-order valence-electron chi connectivity index (χ3n) is 2.21. The lowest BCUT2D eigenvalue weighted by molar-refractivity contribution is -0.385. The van der Waals surface area contributed by atoms with Crippen LogP contribution >= 0.6 is 11.6 Å². The Labute approximate surface area is 118 Å². The van der Waals surface area contributed by atoms with E-state index in [2.05, 4.69) is 4.74 Å². The fourth-order valence-electron chi connectivity index (χ4n) is 1.20. The summed E-state index contributed by atoms with van der Waals surface area (Å²) in [5.41, 5.74) is -1.05. The highest BCUT2D eigenvalue weighted by molar-refractivity contribution is 6.30. The minimum Gasteiger partial charge on any atom is -0.456 e. The molecule has 0 heterocycles. The zero-order valence-electron chi connectivity index (χ0n) is 9.79. The molecule has 116 valence electrons. The molecule has 0 unspecified atom stereocenters. The van der Waals surface area contributed by atoms with Gasteiger partial charge in [0.2, 0.25) is 0 Å². The SMILES string of the molecule is O=C(OCc1cc(Cl)ccc1[N+](=O)[O-])C(F)(F)C(F)(F)F. The number of hydrogen-bond acceptors (Lipinski definition) is 4. The molecule has 0 bridgehead atoms. The van der Waals surface area contributed by atoms with Crippen molar-refractivity contribution in [2.45, 2.75) is 18.7 Å². The summed E-state index contributed by atoms with van der Waals surface area (Å²) in [5, 5.41) is 10.6. The number of rotatable bonds is 4. The summed E-state index contributed by atoms with van der Waals surface area (Å²) in [5.74, 6) is -8.57. The number of nitrogens with zero attached hydrogens (tertiary/aromatic N) is 1. The van der Waals surface area contributed by atoms with Gasteiger partial charge in [-0.25, -0.2) is 4.79 Å². The van der Waals surface area contributed by atoms with E-state index in [1.165, 1.54) is 0 Å². The maximum atomic E-state index is 12.6. The first kappa shape index (κ1) is 17.1. The molecule has 0 fully saturated rings. The number of carbonyl (C=O) groups excluding carboxylic acids is 1. The topological polar surface area (TPSA) is 69.4 Å². The van der Waals surface area contributed by atoms with Gasteiger partial charge in [-0.15, -0.1) is 0 Å². The molecule has 5 nitrogen and oxygen atoms in total. The highest BCUT2D eigenvalue weighted by Crippen LogP contribution is 2.36. The standard InChI is InChI=1S/C10H5ClF5NO4/c11-6-1-2-7(17(19)20)5(3-6)4-21-8(18)9(12,13)10(14,15)16/h1-3H,4H2. The van der Waals surface area contributed by atoms with Crippen molar-refractivity contribution in [1.29, 1.82) is 0 Å². The minimum absolute atomic E-state index is 0.0470. The van der Waals surface area contributed by atoms with Crippen LogP contribution in [0, 0.1) is 10.1 Å². The number of hydrogen-bond donors (Lipinski definition) is 0. The molecule has 1 rings (SSSR count). The number of nitro benzene ring substituents is 1. The van der Waals surface area contributed by atoms with Crippen molar-refractivity contribution in [2.24, 2.45) is 0 Å². The number of carbonyl (C=O) groups is 1. The number of halogens is 6. The van der Waals surface area contributed by atoms with Gasteiger partial charge in [0.25, 0.3) is 5.69 Å². The second kappa shape index (κ2) is 5.80. The monoisotopic (exact) mass is 333 g/mol. The summed E-state index contributed by atoms with van der Waals surface area (Å²) in [6, 6.07) is 2.92. The van der Waals surface area contributed by atoms with Crippen molar-refractivity contribution in [3.05, 3.63) is 38.9 Å². The maximum absolute atomic E-state index is 12.6. The van der Waals surface area contributed by atoms with Gasteiger partial charge in [0.05, 0.1) is 10.5 Å². The number of alkyl halides is 5. The highest BCUT2D eigenvalue weighted by Gasteiger charge is 2.64. The largest absolute Gasteiger partial charge is 0.465 e. The Kier molecular flexibility index (Phi) is 4.72. The molecule has 0 atom stereocenters. The molecule has 0 aliphatic heterocycles. The third kappa shape index (κ3) is 3.78. The molecule has 1 aromatic carbocycles. The average molecular weight is 334 g/mol. The maximum Gasteiger partial charge on any atom is 0.465 e. The van der Waals surface area contributed by atoms with Crippen LogP contribution in [-0.2, 0) is 16.1 Å². The van der Waals surface area contributed by atoms with Crippen LogP contribution in [0.25, 0.3) is 0 Å². The van der Waals surface area contributed by atoms with Crippen LogP contribution in [0.2, 0.25) is 5.02 Å². The van der Waals surface area contributed by atoms with E-state index in [1.807, 2.05) is 0 Å². The predicted octanol–water partition coefficient (Wildman–Crippen LogP) is 3.49. The van der Waals surface area contributed by atoms with Crippen LogP contribution in [0.4, 0.5) is 27.6 Å². The Balaban J connectivity index is 2.92. The normalized spacial score (nSPS) is 12.1. The molecule has 1 aromatic rings. The van der Waals surface area contributed by atoms with Crippen LogP contribution in [0.3, 0.4) is 0 Å². The minimum atomic E-state index is -6.12. The molecule has 0 radical (unpaired) electrons. The van der Waals surface area contributed by atoms with Crippen LogP contribution in [-0.4, -0.2) is 23.0 Å². The Morgan fingerprint density at radius 1 is 1.29 bits per heavy atom. The van der Waals surface area contributed by atoms with E-state index in [1.54, 1.807) is 0 Å². The average Bonchev–Trinajstić information content (AvgIpc) is 2.34. The zero-order chi connectivity index (χ0) is 16.4. The molecular formula is C10H5ClF5NO4. The lowest BCUT2D eigenvalue weighted by Crippen LogP contribution is -2.45. The van der Waals surface area contributed by atoms with E-state index < -0.39 is 40.8 Å². The molecule has 21 heavy (non-hydrogen) atoms. The third-order valence-corrected chi connectivity index (χ3v) is 2.44. The van der Waals surface area contributed by atoms with Crippen molar-refractivity contribution >= 4 is 23.3 Å². The van der Waals surface area contributed by atoms with Crippen molar-refractivity contribution in [1.82, 2.24) is 0 Å². The molecule has 0 saturated carbocycles. The molecule has 0 spiro atoms. The summed E-state index contributed by atoms with van der Waals surface area (Å²) in [6.07, 6.45) is -6.12. The molecule has 0 amide bonds. The van der Waals surface area contributed by atoms with Gasteiger partial charge in [0.15, 0.2) is 0 Å². The summed E-state index contributed by atoms with van der Waals surface area (Å²) in [7, 11) is 0. The quantitative estimate of drug-likeness (QED) is 0.366. The van der Waals surface area contributed by atoms with Crippen LogP contribution in [0.15, 0.2) is 18.2 Å². The molecule has 0 saturated heterocycles. The Morgan fingerprint density at radius 2 is 1.86 bits per heavy atom. The summed E-state index contributed by atoms with van der Waals surface area (Å²) in [4.78, 5) is 20.5. The molecular weight excluding hydrogens is 329 g/mol. The number of nitro groups is 1. The van der Waals surface area contributed by atoms with E-state index in [0.29, 0.717) is 0 Å². The van der Waals surface area contributed by atoms with E-state index >= 15 is 0 Å². The van der Waals surface area contributed by atoms with Gasteiger partial charge in [0.1, 0.15) is 6.61 Å². The second-order valence-electron chi connectivity index (χ2n) is 3.68. The molecule has 0 aliphatic carbocycles. The Bertz CT molecular complexity index is 575. The van der Waals surface area contributed by atoms with Gasteiger partial charge in [-0.3, -0.25) is 10.1 Å². The summed E-state index contributed by atoms with van der Waals surface area (Å²) < 4.78 is 64.7. The van der Waals surface area contributed by atoms with Gasteiger partial charge in [0, 0.05) is 11.1 Å². The fourth-order valence-corrected chi connectivity index (χ4v) is 1.39. The number of esters is 1. The second-order valence-corrected chi connectivity index (χ2v) is 4.11. The van der Waals surface area contributed by atoms with Gasteiger partial charge in [-0.1, -0.05) is 11.6 Å². The summed E-state index contributed by atoms with van der Waals surface area (Å²) >= 11 is 5.51. The highest BCUT2D eigenvalue weighted by atomic mass is 35.5. The molecule has 11 heteroatoms. The first-order chi connectivity index (χ1) is 9.46. The lowest BCUT2D eigenvalue weighted by atomic mass is 10.2. The first-order valence-electron chi connectivity index (χ1n) is 5.01. The van der Waals surface area contributed by atoms with Gasteiger partial charge >= 0.3 is 18.1 Å². The van der Waals surface area contributed by atoms with Crippen molar-refractivity contribution in [3.63, 3.8) is 0 Å². The fraction of sp³-hybridized carbons (Fsp3) is 0.300. The number of ether oxygens (including phenoxy) is 1. The van der Waals surface area contributed by atoms with Crippen molar-refractivity contribution in [2.75, 3.05) is 0 Å². The Morgan fingerprint density at radius 3 is 2.33 bits per heavy atom. The van der Waals surface area contributed by atoms with Crippen LogP contribution < -0.4 is 0 Å². The van der Waals surface area contributed by atoms with E-state index in [9.17, 15) is 36.9 Å². The smallest absolute Gasteiger partial charge is 0.456 e. The van der Waals surface area contributed by atoms with Crippen LogP contribution in [0.1, 0.15) is 5.56 Å². The molecule has 0 N–H and O–H groups in total. The van der Waals surface area contributed by atoms with Gasteiger partial charge < -0.3 is 4.74 Å². The van der Waals surface area contributed by atoms with E-state index in [0.717, 1.165) is 18.2 Å². The van der Waals surface area contributed by atoms with E-state index in [-0.39, 0.29) is 5.02 Å². The Hall–Kier alpha value is -1.97. The summed E-state index contributed by atoms with van der Waals surface area (Å²) in [6.45, 7) is -1.15. The van der Waals surface area contributed by atoms with Crippen molar-refractivity contribution < 1.29 is 36.4 Å². The molecule has 0 aliphatic rings. The van der Waals surface area contributed by atoms with Crippen LogP contribution in [0.5, 0.6) is 0 Å². The molecule has 0 aromatic heterocycles. The zero-order valence-corrected chi connectivity index (χ0v) is 10.5. The lowest BCUT2D eigenvalue weighted by Gasteiger charge is -2.17. The van der Waals surface area contributed by atoms with E-state index in [4.69, 9.17) is 11.6 Å². The predicted molar refractivity (Wildman–Crippen MR) is 58.9 cm³/mol. The van der Waals surface area contributed by atoms with Gasteiger partial charge in [-0.05, 0) is 12.1 Å². The first-order valence-corrected chi connectivity index (χ1v) is 5.39. The number of benzene rings is 1. The van der Waals surface area contributed by atoms with Gasteiger partial charge in [-0.2, -0.15) is 22.0 Å². The van der Waals surface area contributed by atoms with Crippen molar-refractivity contribution in [3.8, 4) is 0 Å².